The van der Waals surface area contributed by atoms with Gasteiger partial charge in [-0.2, -0.15) is 0 Å². The second-order valence-corrected chi connectivity index (χ2v) is 8.13. The largest absolute Gasteiger partial charge is 0.496 e. The van der Waals surface area contributed by atoms with Crippen molar-refractivity contribution in [3.63, 3.8) is 0 Å². The van der Waals surface area contributed by atoms with Gasteiger partial charge in [-0.15, -0.1) is 0 Å². The minimum Gasteiger partial charge on any atom is -0.496 e. The Bertz CT molecular complexity index is 1250. The molecule has 4 rings (SSSR count). The molecule has 0 spiro atoms. The summed E-state index contributed by atoms with van der Waals surface area (Å²) in [5, 5.41) is 0.296. The van der Waals surface area contributed by atoms with E-state index in [-0.39, 0.29) is 22.9 Å². The van der Waals surface area contributed by atoms with Gasteiger partial charge in [0.1, 0.15) is 17.2 Å². The van der Waals surface area contributed by atoms with Crippen LogP contribution in [0.4, 0.5) is 0 Å². The molecule has 7 heteroatoms. The number of carbonyl (C=O) groups excluding carboxylic acids is 2. The molecule has 0 atom stereocenters. The lowest BCUT2D eigenvalue weighted by molar-refractivity contribution is 0.0734. The van der Waals surface area contributed by atoms with Crippen LogP contribution in [-0.2, 0) is 0 Å². The number of Topliss-reactive ketones (excluding diaryl/α,β-unsaturated/α-hetero) is 1. The highest BCUT2D eigenvalue weighted by Crippen LogP contribution is 2.38. The van der Waals surface area contributed by atoms with E-state index in [0.717, 1.165) is 4.47 Å². The lowest BCUT2D eigenvalue weighted by atomic mass is 10.0. The summed E-state index contributed by atoms with van der Waals surface area (Å²) in [6.07, 6.45) is 1.63. The number of esters is 1. The normalized spacial score (nSPS) is 13.7. The smallest absolute Gasteiger partial charge is 0.345 e. The number of halogens is 2. The summed E-state index contributed by atoms with van der Waals surface area (Å²) >= 11 is 9.49. The molecule has 0 aliphatic carbocycles. The van der Waals surface area contributed by atoms with Gasteiger partial charge in [0.2, 0.25) is 5.78 Å². The van der Waals surface area contributed by atoms with Gasteiger partial charge in [-0.1, -0.05) is 39.7 Å². The Morgan fingerprint density at radius 1 is 1.13 bits per heavy atom. The SMILES string of the molecule is COc1ccc(Br)cc1/C=C1\Oc2cc(OC(=O)c3ccccc3Cl)cc(C)c2C1=O. The molecular formula is C24H16BrClO5. The first-order chi connectivity index (χ1) is 14.9. The summed E-state index contributed by atoms with van der Waals surface area (Å²) in [4.78, 5) is 25.4. The summed E-state index contributed by atoms with van der Waals surface area (Å²) < 4.78 is 17.5. The Morgan fingerprint density at radius 2 is 1.90 bits per heavy atom. The van der Waals surface area contributed by atoms with Gasteiger partial charge in [0, 0.05) is 16.1 Å². The molecule has 0 amide bonds. The molecule has 3 aromatic rings. The predicted octanol–water partition coefficient (Wildman–Crippen LogP) is 6.25. The fourth-order valence-electron chi connectivity index (χ4n) is 3.28. The number of allylic oxidation sites excluding steroid dienone is 1. The first-order valence-electron chi connectivity index (χ1n) is 9.26. The lowest BCUT2D eigenvalue weighted by Gasteiger charge is -2.08. The van der Waals surface area contributed by atoms with Crippen LogP contribution in [0.1, 0.15) is 31.8 Å². The number of fused-ring (bicyclic) bond motifs is 1. The monoisotopic (exact) mass is 498 g/mol. The molecule has 1 heterocycles. The molecule has 3 aromatic carbocycles. The number of methoxy groups -OCH3 is 1. The number of benzene rings is 3. The molecule has 0 radical (unpaired) electrons. The maximum atomic E-state index is 12.9. The molecule has 1 aliphatic rings. The molecule has 0 fully saturated rings. The molecule has 156 valence electrons. The zero-order valence-electron chi connectivity index (χ0n) is 16.6. The van der Waals surface area contributed by atoms with Crippen molar-refractivity contribution >= 4 is 45.4 Å². The maximum absolute atomic E-state index is 12.9. The van der Waals surface area contributed by atoms with Crippen molar-refractivity contribution in [2.24, 2.45) is 0 Å². The van der Waals surface area contributed by atoms with Gasteiger partial charge in [0.25, 0.3) is 0 Å². The molecule has 0 unspecified atom stereocenters. The second kappa shape index (κ2) is 8.57. The molecule has 0 saturated heterocycles. The van der Waals surface area contributed by atoms with Crippen molar-refractivity contribution < 1.29 is 23.8 Å². The summed E-state index contributed by atoms with van der Waals surface area (Å²) in [6.45, 7) is 1.76. The average molecular weight is 500 g/mol. The van der Waals surface area contributed by atoms with Gasteiger partial charge >= 0.3 is 5.97 Å². The van der Waals surface area contributed by atoms with E-state index in [2.05, 4.69) is 15.9 Å². The molecule has 0 N–H and O–H groups in total. The van der Waals surface area contributed by atoms with E-state index in [1.165, 1.54) is 6.07 Å². The maximum Gasteiger partial charge on any atom is 0.345 e. The summed E-state index contributed by atoms with van der Waals surface area (Å²) in [6, 6.07) is 15.2. The van der Waals surface area contributed by atoms with Gasteiger partial charge in [-0.25, -0.2) is 4.79 Å². The van der Waals surface area contributed by atoms with E-state index < -0.39 is 5.97 Å². The van der Waals surface area contributed by atoms with Crippen LogP contribution in [0.2, 0.25) is 5.02 Å². The van der Waals surface area contributed by atoms with Crippen molar-refractivity contribution in [3.8, 4) is 17.2 Å². The van der Waals surface area contributed by atoms with Crippen LogP contribution < -0.4 is 14.2 Å². The fraction of sp³-hybridized carbons (Fsp3) is 0.0833. The molecule has 31 heavy (non-hydrogen) atoms. The number of ether oxygens (including phenoxy) is 3. The summed E-state index contributed by atoms with van der Waals surface area (Å²) in [5.74, 6) is 0.503. The van der Waals surface area contributed by atoms with Crippen LogP contribution in [0.5, 0.6) is 17.2 Å². The quantitative estimate of drug-likeness (QED) is 0.241. The Labute approximate surface area is 192 Å². The lowest BCUT2D eigenvalue weighted by Crippen LogP contribution is -2.09. The molecule has 0 saturated carbocycles. The third-order valence-electron chi connectivity index (χ3n) is 4.73. The minimum atomic E-state index is -0.594. The number of ketones is 1. The van der Waals surface area contributed by atoms with Crippen molar-refractivity contribution in [3.05, 3.63) is 92.1 Å². The van der Waals surface area contributed by atoms with Gasteiger partial charge in [-0.3, -0.25) is 4.79 Å². The van der Waals surface area contributed by atoms with E-state index in [1.807, 2.05) is 12.1 Å². The topological polar surface area (TPSA) is 61.8 Å². The van der Waals surface area contributed by atoms with Crippen LogP contribution in [0.15, 0.2) is 64.8 Å². The van der Waals surface area contributed by atoms with Crippen LogP contribution in [0.3, 0.4) is 0 Å². The highest BCUT2D eigenvalue weighted by Gasteiger charge is 2.30. The van der Waals surface area contributed by atoms with Gasteiger partial charge in [-0.05, 0) is 55.0 Å². The Balaban J connectivity index is 1.65. The predicted molar refractivity (Wildman–Crippen MR) is 121 cm³/mol. The Hall–Kier alpha value is -3.09. The average Bonchev–Trinajstić information content (AvgIpc) is 3.04. The van der Waals surface area contributed by atoms with Gasteiger partial charge in [0.05, 0.1) is 23.3 Å². The standard InChI is InChI=1S/C24H16BrClO5/c1-13-9-16(30-24(28)17-5-3-4-6-18(17)26)12-20-22(13)23(27)21(31-20)11-14-10-15(25)7-8-19(14)29-2/h3-12H,1-2H3/b21-11-. The Kier molecular flexibility index (Phi) is 5.85. The first-order valence-corrected chi connectivity index (χ1v) is 10.4. The number of aryl methyl sites for hydroxylation is 1. The van der Waals surface area contributed by atoms with Gasteiger partial charge < -0.3 is 14.2 Å². The molecule has 5 nitrogen and oxygen atoms in total. The van der Waals surface area contributed by atoms with Crippen LogP contribution >= 0.6 is 27.5 Å². The summed E-state index contributed by atoms with van der Waals surface area (Å²) in [7, 11) is 1.56. The van der Waals surface area contributed by atoms with Gasteiger partial charge in [0.15, 0.2) is 5.76 Å². The highest BCUT2D eigenvalue weighted by molar-refractivity contribution is 9.10. The van der Waals surface area contributed by atoms with E-state index in [0.29, 0.717) is 33.2 Å². The molecule has 0 bridgehead atoms. The highest BCUT2D eigenvalue weighted by atomic mass is 79.9. The zero-order chi connectivity index (χ0) is 22.1. The number of hydrogen-bond acceptors (Lipinski definition) is 5. The number of rotatable bonds is 4. The second-order valence-electron chi connectivity index (χ2n) is 6.81. The van der Waals surface area contributed by atoms with Crippen molar-refractivity contribution in [2.45, 2.75) is 6.92 Å². The van der Waals surface area contributed by atoms with Crippen molar-refractivity contribution in [2.75, 3.05) is 7.11 Å². The molecule has 0 aromatic heterocycles. The zero-order valence-corrected chi connectivity index (χ0v) is 18.9. The van der Waals surface area contributed by atoms with Crippen LogP contribution in [0, 0.1) is 6.92 Å². The third-order valence-corrected chi connectivity index (χ3v) is 5.55. The van der Waals surface area contributed by atoms with Crippen molar-refractivity contribution in [1.29, 1.82) is 0 Å². The van der Waals surface area contributed by atoms with Crippen LogP contribution in [-0.4, -0.2) is 18.9 Å². The minimum absolute atomic E-state index is 0.157. The van der Waals surface area contributed by atoms with Crippen LogP contribution in [0.25, 0.3) is 6.08 Å². The molecule has 1 aliphatic heterocycles. The number of hydrogen-bond donors (Lipinski definition) is 0. The third kappa shape index (κ3) is 4.22. The van der Waals surface area contributed by atoms with E-state index >= 15 is 0 Å². The number of carbonyl (C=O) groups is 2. The fourth-order valence-corrected chi connectivity index (χ4v) is 3.88. The Morgan fingerprint density at radius 3 is 2.65 bits per heavy atom. The first kappa shape index (κ1) is 21.2. The van der Waals surface area contributed by atoms with Crippen molar-refractivity contribution in [1.82, 2.24) is 0 Å². The van der Waals surface area contributed by atoms with E-state index in [9.17, 15) is 9.59 Å². The van der Waals surface area contributed by atoms with E-state index in [4.69, 9.17) is 25.8 Å². The summed E-state index contributed by atoms with van der Waals surface area (Å²) in [5.41, 5.74) is 2.00. The molecular weight excluding hydrogens is 484 g/mol. The van der Waals surface area contributed by atoms with E-state index in [1.54, 1.807) is 56.5 Å².